The zero-order chi connectivity index (χ0) is 18.6. The van der Waals surface area contributed by atoms with E-state index in [2.05, 4.69) is 15.5 Å². The first kappa shape index (κ1) is 17.8. The van der Waals surface area contributed by atoms with Crippen molar-refractivity contribution in [3.63, 3.8) is 0 Å². The Morgan fingerprint density at radius 2 is 1.93 bits per heavy atom. The molecule has 1 fully saturated rings. The summed E-state index contributed by atoms with van der Waals surface area (Å²) in [5.41, 5.74) is 4.26. The summed E-state index contributed by atoms with van der Waals surface area (Å²) >= 11 is 0. The number of fused-ring (bicyclic) bond motifs is 1. The third-order valence-electron chi connectivity index (χ3n) is 5.22. The SMILES string of the molecule is O=C(Nc1ccc2c(c1)COC2)NC1CCN(Cc2cccc(O)c2)CC1. The minimum atomic E-state index is -0.153. The Labute approximate surface area is 159 Å². The van der Waals surface area contributed by atoms with Gasteiger partial charge in [0, 0.05) is 31.4 Å². The van der Waals surface area contributed by atoms with Crippen molar-refractivity contribution in [2.24, 2.45) is 0 Å². The minimum absolute atomic E-state index is 0.153. The number of ether oxygens (including phenoxy) is 1. The van der Waals surface area contributed by atoms with Crippen LogP contribution in [0.5, 0.6) is 5.75 Å². The molecule has 6 heteroatoms. The molecule has 0 atom stereocenters. The summed E-state index contributed by atoms with van der Waals surface area (Å²) in [6.07, 6.45) is 1.84. The summed E-state index contributed by atoms with van der Waals surface area (Å²) in [4.78, 5) is 14.6. The van der Waals surface area contributed by atoms with Crippen molar-refractivity contribution in [3.05, 3.63) is 59.2 Å². The number of aromatic hydroxyl groups is 1. The number of carbonyl (C=O) groups excluding carboxylic acids is 1. The van der Waals surface area contributed by atoms with Crippen molar-refractivity contribution in [2.75, 3.05) is 18.4 Å². The van der Waals surface area contributed by atoms with E-state index in [0.29, 0.717) is 19.0 Å². The van der Waals surface area contributed by atoms with E-state index < -0.39 is 0 Å². The van der Waals surface area contributed by atoms with Gasteiger partial charge in [-0.2, -0.15) is 0 Å². The second-order valence-electron chi connectivity index (χ2n) is 7.30. The first-order valence-corrected chi connectivity index (χ1v) is 9.43. The highest BCUT2D eigenvalue weighted by Crippen LogP contribution is 2.23. The zero-order valence-corrected chi connectivity index (χ0v) is 15.3. The number of phenols is 1. The molecule has 3 N–H and O–H groups in total. The van der Waals surface area contributed by atoms with Crippen LogP contribution in [-0.2, 0) is 24.5 Å². The summed E-state index contributed by atoms with van der Waals surface area (Å²) in [5, 5.41) is 15.6. The highest BCUT2D eigenvalue weighted by molar-refractivity contribution is 5.89. The van der Waals surface area contributed by atoms with Crippen molar-refractivity contribution in [3.8, 4) is 5.75 Å². The van der Waals surface area contributed by atoms with E-state index in [1.807, 2.05) is 30.3 Å². The molecule has 0 unspecified atom stereocenters. The number of nitrogens with zero attached hydrogens (tertiary/aromatic N) is 1. The molecule has 2 aliphatic rings. The fourth-order valence-electron chi connectivity index (χ4n) is 3.75. The molecule has 2 aliphatic heterocycles. The number of hydrogen-bond donors (Lipinski definition) is 3. The zero-order valence-electron chi connectivity index (χ0n) is 15.3. The molecule has 142 valence electrons. The Kier molecular flexibility index (Phi) is 5.27. The van der Waals surface area contributed by atoms with Crippen LogP contribution < -0.4 is 10.6 Å². The smallest absolute Gasteiger partial charge is 0.319 e. The van der Waals surface area contributed by atoms with Crippen LogP contribution in [0, 0.1) is 0 Å². The first-order chi connectivity index (χ1) is 13.2. The molecule has 0 aromatic heterocycles. The van der Waals surface area contributed by atoms with Gasteiger partial charge in [-0.15, -0.1) is 0 Å². The van der Waals surface area contributed by atoms with Gasteiger partial charge in [0.1, 0.15) is 5.75 Å². The van der Waals surface area contributed by atoms with E-state index in [9.17, 15) is 9.90 Å². The Hall–Kier alpha value is -2.57. The molecule has 2 heterocycles. The van der Waals surface area contributed by atoms with Crippen LogP contribution in [-0.4, -0.2) is 35.2 Å². The lowest BCUT2D eigenvalue weighted by Gasteiger charge is -2.32. The lowest BCUT2D eigenvalue weighted by atomic mass is 10.0. The predicted octanol–water partition coefficient (Wildman–Crippen LogP) is 3.21. The molecular weight excluding hydrogens is 342 g/mol. The number of phenolic OH excluding ortho intramolecular Hbond substituents is 1. The molecule has 0 bridgehead atoms. The van der Waals surface area contributed by atoms with Crippen LogP contribution in [0.1, 0.15) is 29.5 Å². The monoisotopic (exact) mass is 367 g/mol. The normalized spacial score (nSPS) is 17.5. The highest BCUT2D eigenvalue weighted by Gasteiger charge is 2.21. The van der Waals surface area contributed by atoms with Crippen LogP contribution in [0.4, 0.5) is 10.5 Å². The van der Waals surface area contributed by atoms with Gasteiger partial charge in [0.2, 0.25) is 0 Å². The molecule has 0 aliphatic carbocycles. The number of urea groups is 1. The van der Waals surface area contributed by atoms with E-state index in [1.54, 1.807) is 12.1 Å². The Morgan fingerprint density at radius 3 is 2.74 bits per heavy atom. The molecule has 1 saturated heterocycles. The quantitative estimate of drug-likeness (QED) is 0.776. The highest BCUT2D eigenvalue weighted by atomic mass is 16.5. The first-order valence-electron chi connectivity index (χ1n) is 9.43. The van der Waals surface area contributed by atoms with E-state index in [-0.39, 0.29) is 12.1 Å². The maximum atomic E-state index is 12.3. The third kappa shape index (κ3) is 4.59. The van der Waals surface area contributed by atoms with Gasteiger partial charge in [-0.25, -0.2) is 4.79 Å². The molecule has 6 nitrogen and oxygen atoms in total. The lowest BCUT2D eigenvalue weighted by Crippen LogP contribution is -2.45. The van der Waals surface area contributed by atoms with Crippen LogP contribution in [0.2, 0.25) is 0 Å². The second kappa shape index (κ2) is 7.98. The van der Waals surface area contributed by atoms with Gasteiger partial charge in [0.25, 0.3) is 0 Å². The average molecular weight is 367 g/mol. The van der Waals surface area contributed by atoms with Crippen molar-refractivity contribution < 1.29 is 14.6 Å². The topological polar surface area (TPSA) is 73.8 Å². The molecule has 0 radical (unpaired) electrons. The number of piperidine rings is 1. The maximum absolute atomic E-state index is 12.3. The molecular formula is C21H25N3O3. The van der Waals surface area contributed by atoms with Gasteiger partial charge in [0.15, 0.2) is 0 Å². The van der Waals surface area contributed by atoms with Gasteiger partial charge < -0.3 is 20.5 Å². The van der Waals surface area contributed by atoms with Crippen LogP contribution in [0.15, 0.2) is 42.5 Å². The molecule has 2 aromatic rings. The minimum Gasteiger partial charge on any atom is -0.508 e. The fraction of sp³-hybridized carbons (Fsp3) is 0.381. The number of benzene rings is 2. The average Bonchev–Trinajstić information content (AvgIpc) is 3.11. The molecule has 0 spiro atoms. The van der Waals surface area contributed by atoms with Gasteiger partial charge in [-0.05, 0) is 53.8 Å². The number of anilines is 1. The number of hydrogen-bond acceptors (Lipinski definition) is 4. The summed E-state index contributed by atoms with van der Waals surface area (Å²) in [7, 11) is 0. The second-order valence-corrected chi connectivity index (χ2v) is 7.30. The number of likely N-dealkylation sites (tertiary alicyclic amines) is 1. The summed E-state index contributed by atoms with van der Waals surface area (Å²) in [6.45, 7) is 3.95. The maximum Gasteiger partial charge on any atom is 0.319 e. The third-order valence-corrected chi connectivity index (χ3v) is 5.22. The van der Waals surface area contributed by atoms with Gasteiger partial charge in [-0.3, -0.25) is 4.90 Å². The van der Waals surface area contributed by atoms with E-state index in [0.717, 1.165) is 49.3 Å². The Balaban J connectivity index is 1.23. The van der Waals surface area contributed by atoms with E-state index in [4.69, 9.17) is 4.74 Å². The van der Waals surface area contributed by atoms with Gasteiger partial charge >= 0.3 is 6.03 Å². The lowest BCUT2D eigenvalue weighted by molar-refractivity contribution is 0.134. The van der Waals surface area contributed by atoms with E-state index in [1.165, 1.54) is 5.56 Å². The van der Waals surface area contributed by atoms with Crippen LogP contribution in [0.3, 0.4) is 0 Å². The number of amides is 2. The van der Waals surface area contributed by atoms with Gasteiger partial charge in [0.05, 0.1) is 13.2 Å². The largest absolute Gasteiger partial charge is 0.508 e. The molecule has 0 saturated carbocycles. The summed E-state index contributed by atoms with van der Waals surface area (Å²) < 4.78 is 5.41. The van der Waals surface area contributed by atoms with E-state index >= 15 is 0 Å². The van der Waals surface area contributed by atoms with Crippen molar-refractivity contribution in [1.29, 1.82) is 0 Å². The summed E-state index contributed by atoms with van der Waals surface area (Å²) in [6, 6.07) is 13.3. The summed E-state index contributed by atoms with van der Waals surface area (Å²) in [5.74, 6) is 0.304. The number of carbonyl (C=O) groups is 1. The molecule has 4 rings (SSSR count). The van der Waals surface area contributed by atoms with Crippen molar-refractivity contribution in [2.45, 2.75) is 38.6 Å². The molecule has 2 amide bonds. The standard InChI is InChI=1S/C21H25N3O3/c25-20-3-1-2-15(10-20)12-24-8-6-18(7-9-24)22-21(26)23-19-5-4-16-13-27-14-17(16)11-19/h1-5,10-11,18,25H,6-9,12-14H2,(H2,22,23,26). The number of rotatable bonds is 4. The molecule has 2 aromatic carbocycles. The van der Waals surface area contributed by atoms with Crippen molar-refractivity contribution in [1.82, 2.24) is 10.2 Å². The van der Waals surface area contributed by atoms with Crippen LogP contribution in [0.25, 0.3) is 0 Å². The Bertz CT molecular complexity index is 816. The fourth-order valence-corrected chi connectivity index (χ4v) is 3.75. The predicted molar refractivity (Wildman–Crippen MR) is 103 cm³/mol. The molecule has 27 heavy (non-hydrogen) atoms. The van der Waals surface area contributed by atoms with Crippen LogP contribution >= 0.6 is 0 Å². The van der Waals surface area contributed by atoms with Crippen molar-refractivity contribution >= 4 is 11.7 Å². The number of nitrogens with one attached hydrogen (secondary N) is 2. The Morgan fingerprint density at radius 1 is 1.11 bits per heavy atom. The van der Waals surface area contributed by atoms with Gasteiger partial charge in [-0.1, -0.05) is 18.2 Å².